The van der Waals surface area contributed by atoms with Crippen molar-refractivity contribution in [1.82, 2.24) is 15.1 Å². The number of nitrogens with one attached hydrogen (secondary N) is 1. The predicted molar refractivity (Wildman–Crippen MR) is 78.2 cm³/mol. The summed E-state index contributed by atoms with van der Waals surface area (Å²) in [5, 5.41) is 3.73. The normalized spacial score (nSPS) is 42.9. The zero-order chi connectivity index (χ0) is 13.7. The molecule has 2 bridgehead atoms. The number of piperidine rings is 3. The van der Waals surface area contributed by atoms with E-state index in [-0.39, 0.29) is 11.7 Å². The number of hydrogen-bond donors (Lipinski definition) is 1. The molecular formula is C16H27N3O. The number of nitrogens with zero attached hydrogens (tertiary/aromatic N) is 2. The summed E-state index contributed by atoms with van der Waals surface area (Å²) in [4.78, 5) is 18.0. The molecule has 4 nitrogen and oxygen atoms in total. The van der Waals surface area contributed by atoms with Crippen molar-refractivity contribution in [1.29, 1.82) is 0 Å². The molecule has 1 spiro atoms. The molecule has 5 rings (SSSR count). The Morgan fingerprint density at radius 3 is 2.50 bits per heavy atom. The first kappa shape index (κ1) is 13.1. The van der Waals surface area contributed by atoms with Gasteiger partial charge in [0, 0.05) is 12.6 Å². The van der Waals surface area contributed by atoms with Crippen molar-refractivity contribution in [3.8, 4) is 0 Å². The molecule has 4 aliphatic heterocycles. The molecule has 5 aliphatic rings. The van der Waals surface area contributed by atoms with Gasteiger partial charge in [-0.25, -0.2) is 0 Å². The Labute approximate surface area is 121 Å². The van der Waals surface area contributed by atoms with Crippen molar-refractivity contribution >= 4 is 5.91 Å². The van der Waals surface area contributed by atoms with Crippen LogP contribution in [0.5, 0.6) is 0 Å². The van der Waals surface area contributed by atoms with E-state index < -0.39 is 0 Å². The number of rotatable bonds is 2. The van der Waals surface area contributed by atoms with Crippen molar-refractivity contribution in [3.05, 3.63) is 0 Å². The molecule has 5 fully saturated rings. The average Bonchev–Trinajstić information content (AvgIpc) is 3.07. The van der Waals surface area contributed by atoms with Gasteiger partial charge >= 0.3 is 0 Å². The largest absolute Gasteiger partial charge is 0.321 e. The molecule has 112 valence electrons. The van der Waals surface area contributed by atoms with E-state index in [4.69, 9.17) is 0 Å². The van der Waals surface area contributed by atoms with Gasteiger partial charge in [-0.05, 0) is 51.1 Å². The smallest absolute Gasteiger partial charge is 0.244 e. The van der Waals surface area contributed by atoms with Gasteiger partial charge in [0.15, 0.2) is 0 Å². The van der Waals surface area contributed by atoms with E-state index in [0.717, 1.165) is 31.7 Å². The number of amides is 1. The van der Waals surface area contributed by atoms with Gasteiger partial charge in [0.2, 0.25) is 5.91 Å². The van der Waals surface area contributed by atoms with E-state index in [1.807, 2.05) is 0 Å². The van der Waals surface area contributed by atoms with Crippen LogP contribution in [0.4, 0.5) is 0 Å². The zero-order valence-electron chi connectivity index (χ0n) is 12.6. The molecule has 1 N–H and O–H groups in total. The minimum Gasteiger partial charge on any atom is -0.321 e. The third kappa shape index (κ3) is 1.77. The molecule has 4 heterocycles. The van der Waals surface area contributed by atoms with Crippen molar-refractivity contribution in [2.24, 2.45) is 5.92 Å². The summed E-state index contributed by atoms with van der Waals surface area (Å²) in [6.45, 7) is 5.83. The first-order valence-electron chi connectivity index (χ1n) is 8.56. The lowest BCUT2D eigenvalue weighted by Gasteiger charge is -2.49. The highest BCUT2D eigenvalue weighted by Crippen LogP contribution is 2.41. The lowest BCUT2D eigenvalue weighted by molar-refractivity contribution is -0.139. The van der Waals surface area contributed by atoms with Gasteiger partial charge in [0.1, 0.15) is 0 Å². The SMILES string of the molecule is CCC1NC2(CCCC2)C(=O)N1C1CN2CCC1CC2. The van der Waals surface area contributed by atoms with E-state index in [1.165, 1.54) is 38.8 Å². The molecule has 0 aromatic rings. The standard InChI is InChI=1S/C16H27N3O/c1-2-14-17-16(7-3-4-8-16)15(20)19(14)13-11-18-9-5-12(13)6-10-18/h12-14,17H,2-11H2,1H3. The van der Waals surface area contributed by atoms with Gasteiger partial charge in [-0.2, -0.15) is 0 Å². The maximum Gasteiger partial charge on any atom is 0.244 e. The van der Waals surface area contributed by atoms with Gasteiger partial charge in [0.25, 0.3) is 0 Å². The van der Waals surface area contributed by atoms with Gasteiger partial charge in [-0.1, -0.05) is 19.8 Å². The average molecular weight is 277 g/mol. The van der Waals surface area contributed by atoms with Gasteiger partial charge in [-0.3, -0.25) is 10.1 Å². The molecular weight excluding hydrogens is 250 g/mol. The second-order valence-electron chi connectivity index (χ2n) is 7.28. The minimum atomic E-state index is -0.188. The molecule has 1 amide bonds. The molecule has 4 heteroatoms. The Morgan fingerprint density at radius 1 is 1.25 bits per heavy atom. The third-order valence-electron chi connectivity index (χ3n) is 6.25. The topological polar surface area (TPSA) is 35.6 Å². The van der Waals surface area contributed by atoms with E-state index in [9.17, 15) is 4.79 Å². The Hall–Kier alpha value is -0.610. The zero-order valence-corrected chi connectivity index (χ0v) is 12.6. The van der Waals surface area contributed by atoms with Crippen LogP contribution < -0.4 is 5.32 Å². The summed E-state index contributed by atoms with van der Waals surface area (Å²) in [7, 11) is 0. The lowest BCUT2D eigenvalue weighted by atomic mass is 9.82. The molecule has 4 saturated heterocycles. The number of fused-ring (bicyclic) bond motifs is 3. The quantitative estimate of drug-likeness (QED) is 0.832. The van der Waals surface area contributed by atoms with Crippen LogP contribution in [-0.4, -0.2) is 53.1 Å². The maximum atomic E-state index is 13.1. The minimum absolute atomic E-state index is 0.188. The second-order valence-corrected chi connectivity index (χ2v) is 7.28. The highest BCUT2D eigenvalue weighted by molar-refractivity contribution is 5.89. The Balaban J connectivity index is 1.61. The molecule has 0 aromatic heterocycles. The monoisotopic (exact) mass is 277 g/mol. The summed E-state index contributed by atoms with van der Waals surface area (Å²) in [5.74, 6) is 1.18. The summed E-state index contributed by atoms with van der Waals surface area (Å²) < 4.78 is 0. The molecule has 1 aliphatic carbocycles. The van der Waals surface area contributed by atoms with Crippen molar-refractivity contribution in [2.45, 2.75) is 69.6 Å². The number of carbonyl (C=O) groups is 1. The highest BCUT2D eigenvalue weighted by atomic mass is 16.2. The molecule has 1 saturated carbocycles. The predicted octanol–water partition coefficient (Wildman–Crippen LogP) is 1.56. The summed E-state index contributed by atoms with van der Waals surface area (Å²) in [5.41, 5.74) is -0.188. The van der Waals surface area contributed by atoms with Gasteiger partial charge in [-0.15, -0.1) is 0 Å². The van der Waals surface area contributed by atoms with Crippen LogP contribution >= 0.6 is 0 Å². The number of carbonyl (C=O) groups excluding carboxylic acids is 1. The van der Waals surface area contributed by atoms with E-state index in [2.05, 4.69) is 22.0 Å². The fourth-order valence-corrected chi connectivity index (χ4v) is 5.11. The van der Waals surface area contributed by atoms with Crippen LogP contribution in [-0.2, 0) is 4.79 Å². The first-order chi connectivity index (χ1) is 9.73. The fourth-order valence-electron chi connectivity index (χ4n) is 5.11. The lowest BCUT2D eigenvalue weighted by Crippen LogP contribution is -2.60. The van der Waals surface area contributed by atoms with Crippen LogP contribution in [0.15, 0.2) is 0 Å². The van der Waals surface area contributed by atoms with Crippen LogP contribution in [0.2, 0.25) is 0 Å². The maximum absolute atomic E-state index is 13.1. The van der Waals surface area contributed by atoms with Crippen molar-refractivity contribution in [2.75, 3.05) is 19.6 Å². The van der Waals surface area contributed by atoms with Gasteiger partial charge < -0.3 is 9.80 Å². The molecule has 0 radical (unpaired) electrons. The third-order valence-corrected chi connectivity index (χ3v) is 6.25. The Kier molecular flexibility index (Phi) is 3.08. The highest BCUT2D eigenvalue weighted by Gasteiger charge is 2.55. The molecule has 2 atom stereocenters. The molecule has 2 unspecified atom stereocenters. The van der Waals surface area contributed by atoms with E-state index in [0.29, 0.717) is 11.9 Å². The Bertz CT molecular complexity index is 397. The van der Waals surface area contributed by atoms with E-state index >= 15 is 0 Å². The second kappa shape index (κ2) is 4.70. The van der Waals surface area contributed by atoms with Crippen molar-refractivity contribution < 1.29 is 4.79 Å². The first-order valence-corrected chi connectivity index (χ1v) is 8.56. The molecule has 20 heavy (non-hydrogen) atoms. The summed E-state index contributed by atoms with van der Waals surface area (Å²) in [6.07, 6.45) is 8.44. The van der Waals surface area contributed by atoms with Crippen LogP contribution in [0.1, 0.15) is 51.9 Å². The van der Waals surface area contributed by atoms with Gasteiger partial charge in [0.05, 0.1) is 11.7 Å². The van der Waals surface area contributed by atoms with Crippen LogP contribution in [0.3, 0.4) is 0 Å². The van der Waals surface area contributed by atoms with Crippen molar-refractivity contribution in [3.63, 3.8) is 0 Å². The van der Waals surface area contributed by atoms with E-state index in [1.54, 1.807) is 0 Å². The van der Waals surface area contributed by atoms with Crippen LogP contribution in [0, 0.1) is 5.92 Å². The van der Waals surface area contributed by atoms with Crippen LogP contribution in [0.25, 0.3) is 0 Å². The molecule has 0 aromatic carbocycles. The summed E-state index contributed by atoms with van der Waals surface area (Å²) in [6, 6.07) is 0.474. The number of hydrogen-bond acceptors (Lipinski definition) is 3. The summed E-state index contributed by atoms with van der Waals surface area (Å²) >= 11 is 0. The Morgan fingerprint density at radius 2 is 1.95 bits per heavy atom. The fraction of sp³-hybridized carbons (Fsp3) is 0.938.